The minimum Gasteiger partial charge on any atom is -0.462 e. The van der Waals surface area contributed by atoms with E-state index in [1.165, 1.54) is 79.3 Å². The van der Waals surface area contributed by atoms with Crippen molar-refractivity contribution >= 4 is 123 Å². The number of nitrogens with zero attached hydrogens (tertiary/aromatic N) is 24. The Balaban J connectivity index is 0.000000163. The second kappa shape index (κ2) is 46.5. The molecule has 0 aliphatic carbocycles. The van der Waals surface area contributed by atoms with Gasteiger partial charge in [-0.2, -0.15) is 67.4 Å². The van der Waals surface area contributed by atoms with Gasteiger partial charge in [-0.1, -0.05) is 96.5 Å². The topological polar surface area (TPSA) is 259 Å². The molecular weight excluding hydrogens is 1790 g/mol. The highest BCUT2D eigenvalue weighted by molar-refractivity contribution is 7.59. The lowest BCUT2D eigenvalue weighted by molar-refractivity contribution is -0.131. The molecule has 0 radical (unpaired) electrons. The molecule has 3 amide bonds. The standard InChI is InChI=1S/C35H42ClFN8O2.2C34H38N8O2.2H2S/c1-38-20-26-21-44(18-19-45(26)34(46)29(37)14-16-41(2)3)33-27-13-17-43(31-12-6-9-24-8-5-11-28(36)32(24)31)22-30(27)39-35(40-33)47-23-25-10-7-15-42(25)4;2*1-24-8-4-9-25-10-5-12-30(32(24)25)40-17-14-28-29(22-40)37-34(44-23-26-11-7-16-39(26)3)38-33(28)41-18-19-42(27(21-41)20-36-2)31(43)13-6-15-35;;/h5-6,8-9,11-12,14,25-26H,7,10,13,15-23H2,2-4H3;2*4-6,8-10,12-13,26-27H,7,11,14,16-23H2,1,3H3;2*1H2/b29-14+;13-6+;13-6-;;/t25-,26-;2*26-,27-;;/m000../s1. The average Bonchev–Trinajstić information content (AvgIpc) is 1.77. The van der Waals surface area contributed by atoms with E-state index in [0.29, 0.717) is 146 Å². The Labute approximate surface area is 821 Å². The minimum atomic E-state index is -0.789. The number of halogens is 2. The summed E-state index contributed by atoms with van der Waals surface area (Å²) in [7, 11) is 10.0. The Morgan fingerprint density at radius 1 is 0.460 bits per heavy atom. The highest BCUT2D eigenvalue weighted by Crippen LogP contribution is 2.42. The zero-order chi connectivity index (χ0) is 94.3. The van der Waals surface area contributed by atoms with Crippen LogP contribution in [0.25, 0.3) is 46.9 Å². The van der Waals surface area contributed by atoms with Crippen molar-refractivity contribution in [2.75, 3.05) is 209 Å². The van der Waals surface area contributed by atoms with E-state index in [1.54, 1.807) is 14.7 Å². The molecule has 0 bridgehead atoms. The molecule has 0 N–H and O–H groups in total. The fourth-order valence-electron chi connectivity index (χ4n) is 20.6. The number of benzene rings is 6. The molecular formula is C103H122ClFN24O6S2. The van der Waals surface area contributed by atoms with Crippen LogP contribution in [0.2, 0.25) is 5.02 Å². The molecule has 6 saturated heterocycles. The third-order valence-corrected chi connectivity index (χ3v) is 28.2. The van der Waals surface area contributed by atoms with E-state index in [-0.39, 0.29) is 77.1 Å². The van der Waals surface area contributed by atoms with Crippen molar-refractivity contribution in [3.05, 3.63) is 230 Å². The summed E-state index contributed by atoms with van der Waals surface area (Å²) in [6.45, 7) is 40.8. The summed E-state index contributed by atoms with van der Waals surface area (Å²) >= 11 is 6.71. The van der Waals surface area contributed by atoms with E-state index in [1.807, 2.05) is 38.4 Å². The van der Waals surface area contributed by atoms with E-state index >= 15 is 0 Å². The number of nitriles is 2. The summed E-state index contributed by atoms with van der Waals surface area (Å²) in [6, 6.07) is 42.8. The Hall–Kier alpha value is -12.6. The van der Waals surface area contributed by atoms with Crippen LogP contribution in [-0.2, 0) is 53.3 Å². The summed E-state index contributed by atoms with van der Waals surface area (Å²) in [5, 5.41) is 25.6. The number of rotatable bonds is 23. The molecule has 6 aromatic carbocycles. The lowest BCUT2D eigenvalue weighted by Crippen LogP contribution is -2.57. The van der Waals surface area contributed by atoms with E-state index < -0.39 is 17.8 Å². The molecule has 9 aliphatic rings. The molecule has 12 heterocycles. The largest absolute Gasteiger partial charge is 0.462 e. The van der Waals surface area contributed by atoms with E-state index in [9.17, 15) is 18.8 Å². The number of ether oxygens (including phenoxy) is 3. The maximum atomic E-state index is 14.9. The van der Waals surface area contributed by atoms with Gasteiger partial charge in [-0.25, -0.2) is 24.1 Å². The van der Waals surface area contributed by atoms with Gasteiger partial charge in [-0.15, -0.1) is 0 Å². The number of likely N-dealkylation sites (tertiary alicyclic amines) is 3. The first kappa shape index (κ1) is 100. The Kier molecular flexibility index (Phi) is 34.0. The highest BCUT2D eigenvalue weighted by atomic mass is 35.5. The zero-order valence-electron chi connectivity index (χ0n) is 79.2. The number of piperazine rings is 3. The third-order valence-electron chi connectivity index (χ3n) is 27.9. The van der Waals surface area contributed by atoms with Gasteiger partial charge < -0.3 is 92.4 Å². The molecule has 34 heteroatoms. The SMILES string of the molecule is S.S.[C-]#[N+]C[C@H]1CN(c2nc(OC[C@@H]3CCCN3C)nc3c2CCN(c2cccc4cccc(C)c24)C3)CCN1C(=O)/C=C/C#N.[C-]#[N+]C[C@H]1CN(c2nc(OC[C@@H]3CCCN3C)nc3c2CCN(c2cccc4cccc(C)c24)C3)CCN1C(=O)/C=C\C#N.[C-]#[N+]C[C@H]1CN(c2nc(OC[C@@H]3CCCN3C)nc3c2CCN(c2cccc4cccc(Cl)c24)C3)CCN1C(=O)/C(F)=C\CN(C)C. The molecule has 18 rings (SSSR count). The Bertz CT molecular complexity index is 5930. The van der Waals surface area contributed by atoms with Gasteiger partial charge in [0, 0.05) is 177 Å². The smallest absolute Gasteiger partial charge is 0.318 e. The number of allylic oxidation sites excluding steroid dienone is 2. The summed E-state index contributed by atoms with van der Waals surface area (Å²) in [5.41, 5.74) is 12.0. The molecule has 0 spiro atoms. The van der Waals surface area contributed by atoms with E-state index in [2.05, 4.69) is 191 Å². The van der Waals surface area contributed by atoms with Gasteiger partial charge in [-0.3, -0.25) is 14.4 Å². The first-order valence-electron chi connectivity index (χ1n) is 47.0. The predicted octanol–water partition coefficient (Wildman–Crippen LogP) is 12.9. The number of carbonyl (C=O) groups is 3. The number of hydrogen-bond acceptors (Lipinski definition) is 24. The number of likely N-dealkylation sites (N-methyl/N-ethyl adjacent to an activating group) is 4. The van der Waals surface area contributed by atoms with Crippen LogP contribution < -0.4 is 43.6 Å². The zero-order valence-corrected chi connectivity index (χ0v) is 82.0. The molecule has 6 fully saturated rings. The summed E-state index contributed by atoms with van der Waals surface area (Å²) in [4.78, 5) is 107. The van der Waals surface area contributed by atoms with Crippen molar-refractivity contribution in [3.8, 4) is 30.2 Å². The molecule has 6 atom stereocenters. The number of fused-ring (bicyclic) bond motifs is 6. The lowest BCUT2D eigenvalue weighted by atomic mass is 9.99. The lowest BCUT2D eigenvalue weighted by Gasteiger charge is -2.41. The molecule has 0 saturated carbocycles. The van der Waals surface area contributed by atoms with Gasteiger partial charge in [-0.05, 0) is 184 Å². The van der Waals surface area contributed by atoms with Gasteiger partial charge in [0.25, 0.3) is 5.91 Å². The molecule has 9 aromatic rings. The van der Waals surface area contributed by atoms with Gasteiger partial charge in [0.1, 0.15) is 55.4 Å². The van der Waals surface area contributed by atoms with Crippen LogP contribution in [0.3, 0.4) is 0 Å². The normalized spacial score (nSPS) is 20.2. The molecule has 0 unspecified atom stereocenters. The van der Waals surface area contributed by atoms with Crippen LogP contribution in [0.4, 0.5) is 38.9 Å². The molecule has 9 aliphatic heterocycles. The first-order chi connectivity index (χ1) is 65.6. The maximum Gasteiger partial charge on any atom is 0.318 e. The number of hydrogen-bond donors (Lipinski definition) is 0. The van der Waals surface area contributed by atoms with Crippen LogP contribution in [0.15, 0.2) is 145 Å². The quantitative estimate of drug-likeness (QED) is 0.0327. The van der Waals surface area contributed by atoms with Crippen LogP contribution in [0.5, 0.6) is 18.0 Å². The van der Waals surface area contributed by atoms with Gasteiger partial charge in [0.15, 0.2) is 5.83 Å². The van der Waals surface area contributed by atoms with Gasteiger partial charge in [0.2, 0.25) is 31.4 Å². The van der Waals surface area contributed by atoms with Gasteiger partial charge >= 0.3 is 18.0 Å². The van der Waals surface area contributed by atoms with Crippen molar-refractivity contribution < 1.29 is 33.0 Å². The molecule has 137 heavy (non-hydrogen) atoms. The minimum absolute atomic E-state index is 0. The van der Waals surface area contributed by atoms with Crippen LogP contribution in [0, 0.1) is 56.2 Å². The van der Waals surface area contributed by atoms with Crippen molar-refractivity contribution in [2.45, 2.75) is 128 Å². The monoisotopic (exact) mass is 1910 g/mol. The second-order valence-electron chi connectivity index (χ2n) is 36.7. The fraction of sp³-hybridized carbons (Fsp3) is 0.456. The van der Waals surface area contributed by atoms with Crippen molar-refractivity contribution in [1.82, 2.24) is 64.2 Å². The highest BCUT2D eigenvalue weighted by Gasteiger charge is 2.41. The Morgan fingerprint density at radius 2 is 0.796 bits per heavy atom. The van der Waals surface area contributed by atoms with Crippen LogP contribution in [0.1, 0.15) is 83.4 Å². The van der Waals surface area contributed by atoms with E-state index in [0.717, 1.165) is 158 Å². The maximum absolute atomic E-state index is 14.9. The summed E-state index contributed by atoms with van der Waals surface area (Å²) in [5.74, 6) is 0.514. The molecule has 716 valence electrons. The second-order valence-corrected chi connectivity index (χ2v) is 37.1. The third kappa shape index (κ3) is 23.1. The number of aromatic nitrogens is 6. The summed E-state index contributed by atoms with van der Waals surface area (Å²) < 4.78 is 33.8. The van der Waals surface area contributed by atoms with Crippen molar-refractivity contribution in [3.63, 3.8) is 0 Å². The van der Waals surface area contributed by atoms with Gasteiger partial charge in [0.05, 0.1) is 53.9 Å². The Morgan fingerprint density at radius 3 is 1.14 bits per heavy atom. The van der Waals surface area contributed by atoms with Crippen molar-refractivity contribution in [1.29, 1.82) is 10.5 Å². The summed E-state index contributed by atoms with van der Waals surface area (Å²) in [6.07, 6.45) is 15.2. The van der Waals surface area contributed by atoms with E-state index in [4.69, 9.17) is 86.0 Å². The van der Waals surface area contributed by atoms with Crippen LogP contribution in [-0.4, -0.2) is 298 Å². The van der Waals surface area contributed by atoms with Crippen molar-refractivity contribution in [2.24, 2.45) is 0 Å². The number of aryl methyl sites for hydroxylation is 2. The molecule has 30 nitrogen and oxygen atoms in total. The fourth-order valence-corrected chi connectivity index (χ4v) is 20.9. The number of amides is 3. The predicted molar refractivity (Wildman–Crippen MR) is 546 cm³/mol. The number of anilines is 6. The van der Waals surface area contributed by atoms with Crippen LogP contribution >= 0.6 is 38.6 Å². The first-order valence-corrected chi connectivity index (χ1v) is 47.4. The average molecular weight is 1910 g/mol. The molecule has 3 aromatic heterocycles. The number of carbonyl (C=O) groups excluding carboxylic acids is 3.